The molecule has 0 saturated heterocycles. The number of benzene rings is 2. The predicted molar refractivity (Wildman–Crippen MR) is 96.0 cm³/mol. The van der Waals surface area contributed by atoms with E-state index in [1.807, 2.05) is 38.2 Å². The van der Waals surface area contributed by atoms with Crippen LogP contribution in [0.25, 0.3) is 0 Å². The smallest absolute Gasteiger partial charge is 0.252 e. The lowest BCUT2D eigenvalue weighted by molar-refractivity contribution is 0.0448. The van der Waals surface area contributed by atoms with Gasteiger partial charge in [-0.25, -0.2) is 0 Å². The molecule has 2 aromatic rings. The Hall–Kier alpha value is -3.02. The summed E-state index contributed by atoms with van der Waals surface area (Å²) < 4.78 is 11.3. The van der Waals surface area contributed by atoms with Crippen molar-refractivity contribution in [2.45, 2.75) is 19.8 Å². The molecule has 1 heterocycles. The molecule has 25 heavy (non-hydrogen) atoms. The zero-order valence-corrected chi connectivity index (χ0v) is 14.6. The number of hydrogen-bond donors (Lipinski definition) is 3. The molecule has 0 bridgehead atoms. The zero-order valence-electron chi connectivity index (χ0n) is 14.6. The minimum Gasteiger partial charge on any atom is -0.508 e. The third-order valence-corrected chi connectivity index (χ3v) is 4.15. The Morgan fingerprint density at radius 3 is 2.64 bits per heavy atom. The number of hydrogen-bond acceptors (Lipinski definition) is 6. The highest BCUT2D eigenvalue weighted by molar-refractivity contribution is 5.33. The first-order valence-electron chi connectivity index (χ1n) is 8.11. The number of allylic oxidation sites excluding steroid dienone is 1. The van der Waals surface area contributed by atoms with Crippen LogP contribution in [0.15, 0.2) is 60.0 Å². The minimum absolute atomic E-state index is 0.174. The molecule has 0 aliphatic carbocycles. The van der Waals surface area contributed by atoms with E-state index in [1.54, 1.807) is 25.3 Å². The predicted octanol–water partition coefficient (Wildman–Crippen LogP) is 2.58. The lowest BCUT2D eigenvalue weighted by atomic mass is 10.2. The molecule has 1 aliphatic heterocycles. The highest BCUT2D eigenvalue weighted by atomic mass is 16.5. The molecule has 0 saturated carbocycles. The van der Waals surface area contributed by atoms with Crippen LogP contribution in [-0.2, 0) is 6.54 Å². The van der Waals surface area contributed by atoms with Crippen LogP contribution in [0.4, 0.5) is 0 Å². The lowest BCUT2D eigenvalue weighted by Crippen LogP contribution is -2.42. The van der Waals surface area contributed by atoms with Crippen LogP contribution in [0.1, 0.15) is 12.5 Å². The first kappa shape index (κ1) is 16.8. The van der Waals surface area contributed by atoms with Crippen LogP contribution < -0.4 is 20.1 Å². The third-order valence-electron chi connectivity index (χ3n) is 4.15. The molecule has 2 aromatic carbocycles. The van der Waals surface area contributed by atoms with Gasteiger partial charge in [-0.05, 0) is 36.8 Å². The van der Waals surface area contributed by atoms with Crippen molar-refractivity contribution in [3.63, 3.8) is 0 Å². The van der Waals surface area contributed by atoms with E-state index in [0.717, 1.165) is 22.8 Å². The van der Waals surface area contributed by atoms with Crippen molar-refractivity contribution in [2.75, 3.05) is 14.2 Å². The number of aromatic hydroxyl groups is 1. The van der Waals surface area contributed by atoms with E-state index in [2.05, 4.69) is 21.6 Å². The van der Waals surface area contributed by atoms with Crippen LogP contribution in [0, 0.1) is 0 Å². The third kappa shape index (κ3) is 3.74. The number of ether oxygens (including phenoxy) is 2. The van der Waals surface area contributed by atoms with Gasteiger partial charge in [-0.1, -0.05) is 18.2 Å². The molecule has 3 rings (SSSR count). The minimum atomic E-state index is -0.379. The van der Waals surface area contributed by atoms with Crippen molar-refractivity contribution in [1.82, 2.24) is 15.5 Å². The molecule has 6 heteroatoms. The summed E-state index contributed by atoms with van der Waals surface area (Å²) in [4.78, 5) is 2.12. The van der Waals surface area contributed by atoms with E-state index in [-0.39, 0.29) is 12.1 Å². The Bertz CT molecular complexity index is 776. The number of methoxy groups -OCH3 is 1. The van der Waals surface area contributed by atoms with Gasteiger partial charge in [-0.15, -0.1) is 0 Å². The second kappa shape index (κ2) is 7.25. The molecule has 1 aliphatic rings. The summed E-state index contributed by atoms with van der Waals surface area (Å²) in [6.07, 6.45) is -0.379. The first-order valence-corrected chi connectivity index (χ1v) is 8.11. The molecule has 3 N–H and O–H groups in total. The molecular formula is C19H23N3O3. The number of nitrogens with one attached hydrogen (secondary N) is 2. The number of rotatable bonds is 6. The quantitative estimate of drug-likeness (QED) is 0.750. The Kier molecular flexibility index (Phi) is 4.88. The van der Waals surface area contributed by atoms with Crippen molar-refractivity contribution in [3.05, 3.63) is 65.6 Å². The van der Waals surface area contributed by atoms with Gasteiger partial charge in [0, 0.05) is 19.7 Å². The van der Waals surface area contributed by atoms with Crippen molar-refractivity contribution >= 4 is 0 Å². The molecule has 132 valence electrons. The van der Waals surface area contributed by atoms with Gasteiger partial charge in [0.2, 0.25) is 0 Å². The average molecular weight is 341 g/mol. The maximum atomic E-state index is 9.65. The van der Waals surface area contributed by atoms with E-state index in [4.69, 9.17) is 9.47 Å². The standard InChI is InChI=1S/C19H23N3O3/c1-13-18(20-2)21-19(25-17-9-5-7-15(23)11-17)22(13)12-14-6-4-8-16(10-14)24-3/h4-11,19-21,23H,12H2,1-3H3. The topological polar surface area (TPSA) is 66.0 Å². The van der Waals surface area contributed by atoms with Crippen LogP contribution >= 0.6 is 0 Å². The van der Waals surface area contributed by atoms with Crippen molar-refractivity contribution in [2.24, 2.45) is 0 Å². The molecule has 1 unspecified atom stereocenters. The molecule has 0 radical (unpaired) electrons. The maximum Gasteiger partial charge on any atom is 0.252 e. The SMILES string of the molecule is CNC1=C(C)N(Cc2cccc(OC)c2)C(Oc2cccc(O)c2)N1. The second-order valence-corrected chi connectivity index (χ2v) is 5.80. The van der Waals surface area contributed by atoms with Gasteiger partial charge in [0.25, 0.3) is 6.35 Å². The fourth-order valence-corrected chi connectivity index (χ4v) is 2.83. The summed E-state index contributed by atoms with van der Waals surface area (Å²) in [5.41, 5.74) is 2.16. The van der Waals surface area contributed by atoms with E-state index in [9.17, 15) is 5.11 Å². The van der Waals surface area contributed by atoms with Crippen LogP contribution in [0.5, 0.6) is 17.2 Å². The van der Waals surface area contributed by atoms with Gasteiger partial charge in [-0.2, -0.15) is 0 Å². The Balaban J connectivity index is 1.82. The zero-order chi connectivity index (χ0) is 17.8. The fourth-order valence-electron chi connectivity index (χ4n) is 2.83. The summed E-state index contributed by atoms with van der Waals surface area (Å²) in [6.45, 7) is 2.69. The van der Waals surface area contributed by atoms with E-state index in [1.165, 1.54) is 0 Å². The normalized spacial score (nSPS) is 16.6. The number of phenolic OH excluding ortho intramolecular Hbond substituents is 1. The summed E-state index contributed by atoms with van der Waals surface area (Å²) in [5.74, 6) is 2.50. The molecule has 0 fully saturated rings. The van der Waals surface area contributed by atoms with Crippen LogP contribution in [0.2, 0.25) is 0 Å². The Morgan fingerprint density at radius 2 is 1.92 bits per heavy atom. The van der Waals surface area contributed by atoms with Gasteiger partial charge in [0.1, 0.15) is 23.1 Å². The van der Waals surface area contributed by atoms with Crippen molar-refractivity contribution in [1.29, 1.82) is 0 Å². The first-order chi connectivity index (χ1) is 12.1. The maximum absolute atomic E-state index is 9.65. The monoisotopic (exact) mass is 341 g/mol. The second-order valence-electron chi connectivity index (χ2n) is 5.80. The molecular weight excluding hydrogens is 318 g/mol. The molecule has 1 atom stereocenters. The van der Waals surface area contributed by atoms with Gasteiger partial charge in [-0.3, -0.25) is 0 Å². The fraction of sp³-hybridized carbons (Fsp3) is 0.263. The van der Waals surface area contributed by atoms with Crippen molar-refractivity contribution in [3.8, 4) is 17.2 Å². The highest BCUT2D eigenvalue weighted by Crippen LogP contribution is 2.26. The van der Waals surface area contributed by atoms with Crippen molar-refractivity contribution < 1.29 is 14.6 Å². The van der Waals surface area contributed by atoms with E-state index in [0.29, 0.717) is 12.3 Å². The summed E-state index contributed by atoms with van der Waals surface area (Å²) in [5, 5.41) is 16.1. The summed E-state index contributed by atoms with van der Waals surface area (Å²) in [6, 6.07) is 14.7. The van der Waals surface area contributed by atoms with Gasteiger partial charge in [0.05, 0.1) is 12.8 Å². The van der Waals surface area contributed by atoms with E-state index < -0.39 is 0 Å². The largest absolute Gasteiger partial charge is 0.508 e. The number of phenols is 1. The Morgan fingerprint density at radius 1 is 1.16 bits per heavy atom. The van der Waals surface area contributed by atoms with Crippen LogP contribution in [-0.4, -0.2) is 30.5 Å². The highest BCUT2D eigenvalue weighted by Gasteiger charge is 2.30. The van der Waals surface area contributed by atoms with Gasteiger partial charge >= 0.3 is 0 Å². The van der Waals surface area contributed by atoms with Gasteiger partial charge in [0.15, 0.2) is 0 Å². The van der Waals surface area contributed by atoms with Crippen LogP contribution in [0.3, 0.4) is 0 Å². The molecule has 0 aromatic heterocycles. The van der Waals surface area contributed by atoms with Gasteiger partial charge < -0.3 is 30.1 Å². The summed E-state index contributed by atoms with van der Waals surface area (Å²) in [7, 11) is 3.53. The molecule has 6 nitrogen and oxygen atoms in total. The Labute approximate surface area is 147 Å². The summed E-state index contributed by atoms with van der Waals surface area (Å²) >= 11 is 0. The molecule has 0 amide bonds. The molecule has 0 spiro atoms. The lowest BCUT2D eigenvalue weighted by Gasteiger charge is -2.28. The number of nitrogens with zero attached hydrogens (tertiary/aromatic N) is 1. The van der Waals surface area contributed by atoms with E-state index >= 15 is 0 Å². The average Bonchev–Trinajstić information content (AvgIpc) is 2.91.